The molecule has 4 nitrogen and oxygen atoms in total. The number of benzene rings is 1. The monoisotopic (exact) mass is 272 g/mol. The van der Waals surface area contributed by atoms with Crippen LogP contribution in [-0.4, -0.2) is 18.5 Å². The van der Waals surface area contributed by atoms with Crippen LogP contribution in [0.2, 0.25) is 0 Å². The Hall–Kier alpha value is -1.81. The lowest BCUT2D eigenvalue weighted by Gasteiger charge is -2.16. The highest BCUT2D eigenvalue weighted by Crippen LogP contribution is 2.29. The highest BCUT2D eigenvalue weighted by Gasteiger charge is 2.25. The minimum absolute atomic E-state index is 0.0536. The molecule has 1 fully saturated rings. The van der Waals surface area contributed by atoms with Gasteiger partial charge < -0.3 is 15.1 Å². The van der Waals surface area contributed by atoms with Gasteiger partial charge in [-0.25, -0.2) is 0 Å². The number of hydrogen-bond acceptors (Lipinski definition) is 3. The number of hydrogen-bond donors (Lipinski definition) is 2. The predicted octanol–water partition coefficient (Wildman–Crippen LogP) is 2.67. The third kappa shape index (κ3) is 2.31. The Morgan fingerprint density at radius 2 is 2.25 bits per heavy atom. The molecule has 3 rings (SSSR count). The van der Waals surface area contributed by atoms with Crippen molar-refractivity contribution in [2.45, 2.75) is 38.8 Å². The lowest BCUT2D eigenvalue weighted by Crippen LogP contribution is -2.41. The van der Waals surface area contributed by atoms with Gasteiger partial charge in [-0.1, -0.05) is 18.2 Å². The third-order valence-corrected chi connectivity index (χ3v) is 4.01. The molecule has 4 heteroatoms. The smallest absolute Gasteiger partial charge is 0.237 e. The summed E-state index contributed by atoms with van der Waals surface area (Å²) < 4.78 is 5.89. The van der Waals surface area contributed by atoms with E-state index in [4.69, 9.17) is 4.42 Å². The van der Waals surface area contributed by atoms with Crippen LogP contribution in [0.3, 0.4) is 0 Å². The quantitative estimate of drug-likeness (QED) is 0.903. The van der Waals surface area contributed by atoms with Crippen LogP contribution in [-0.2, 0) is 4.79 Å². The van der Waals surface area contributed by atoms with Gasteiger partial charge in [0, 0.05) is 10.9 Å². The van der Waals surface area contributed by atoms with Crippen molar-refractivity contribution >= 4 is 16.9 Å². The van der Waals surface area contributed by atoms with E-state index >= 15 is 0 Å². The van der Waals surface area contributed by atoms with Gasteiger partial charge in [0.1, 0.15) is 11.3 Å². The fourth-order valence-corrected chi connectivity index (χ4v) is 2.89. The van der Waals surface area contributed by atoms with Gasteiger partial charge in [-0.2, -0.15) is 0 Å². The van der Waals surface area contributed by atoms with E-state index in [1.807, 2.05) is 38.1 Å². The maximum Gasteiger partial charge on any atom is 0.237 e. The van der Waals surface area contributed by atoms with E-state index in [-0.39, 0.29) is 18.0 Å². The first-order chi connectivity index (χ1) is 9.66. The molecule has 0 radical (unpaired) electrons. The molecule has 2 aromatic rings. The minimum Gasteiger partial charge on any atom is -0.459 e. The number of carbonyl (C=O) groups is 1. The van der Waals surface area contributed by atoms with Crippen molar-refractivity contribution in [2.75, 3.05) is 6.54 Å². The van der Waals surface area contributed by atoms with E-state index in [1.165, 1.54) is 0 Å². The van der Waals surface area contributed by atoms with Gasteiger partial charge >= 0.3 is 0 Å². The van der Waals surface area contributed by atoms with Crippen molar-refractivity contribution in [3.8, 4) is 0 Å². The van der Waals surface area contributed by atoms with E-state index in [0.717, 1.165) is 41.7 Å². The zero-order valence-electron chi connectivity index (χ0n) is 11.9. The molecule has 0 bridgehead atoms. The standard InChI is InChI=1S/C16H20N2O2/c1-10-12-6-3-4-8-14(12)20-15(10)11(2)18-16(19)13-7-5-9-17-13/h3-4,6,8,11,13,17H,5,7,9H2,1-2H3,(H,18,19). The molecule has 1 aromatic carbocycles. The summed E-state index contributed by atoms with van der Waals surface area (Å²) in [5.41, 5.74) is 1.98. The predicted molar refractivity (Wildman–Crippen MR) is 78.5 cm³/mol. The molecule has 1 saturated heterocycles. The molecule has 106 valence electrons. The molecule has 2 atom stereocenters. The summed E-state index contributed by atoms with van der Waals surface area (Å²) in [5, 5.41) is 7.37. The van der Waals surface area contributed by atoms with Crippen molar-refractivity contribution < 1.29 is 9.21 Å². The van der Waals surface area contributed by atoms with Crippen LogP contribution < -0.4 is 10.6 Å². The summed E-state index contributed by atoms with van der Waals surface area (Å²) in [6.45, 7) is 4.94. The second kappa shape index (κ2) is 5.29. The van der Waals surface area contributed by atoms with Crippen LogP contribution in [0.5, 0.6) is 0 Å². The van der Waals surface area contributed by atoms with Gasteiger partial charge in [0.25, 0.3) is 0 Å². The van der Waals surface area contributed by atoms with E-state index < -0.39 is 0 Å². The summed E-state index contributed by atoms with van der Waals surface area (Å²) in [4.78, 5) is 12.1. The van der Waals surface area contributed by atoms with Gasteiger partial charge in [-0.3, -0.25) is 4.79 Å². The Labute approximate surface area is 118 Å². The maximum absolute atomic E-state index is 12.1. The van der Waals surface area contributed by atoms with Crippen LogP contribution in [0.15, 0.2) is 28.7 Å². The van der Waals surface area contributed by atoms with Crippen molar-refractivity contribution in [2.24, 2.45) is 0 Å². The largest absolute Gasteiger partial charge is 0.459 e. The summed E-state index contributed by atoms with van der Waals surface area (Å²) in [5.74, 6) is 0.910. The molecule has 0 spiro atoms. The molecule has 2 heterocycles. The lowest BCUT2D eigenvalue weighted by atomic mass is 10.1. The molecule has 1 aliphatic heterocycles. The molecule has 1 aromatic heterocycles. The Morgan fingerprint density at radius 1 is 1.45 bits per heavy atom. The minimum atomic E-state index is -0.114. The zero-order valence-corrected chi connectivity index (χ0v) is 11.9. The first-order valence-corrected chi connectivity index (χ1v) is 7.18. The summed E-state index contributed by atoms with van der Waals surface area (Å²) in [6.07, 6.45) is 1.98. The normalized spacial score (nSPS) is 20.2. The fraction of sp³-hybridized carbons (Fsp3) is 0.438. The second-order valence-electron chi connectivity index (χ2n) is 5.47. The van der Waals surface area contributed by atoms with Gasteiger partial charge in [0.2, 0.25) is 5.91 Å². The van der Waals surface area contributed by atoms with Crippen molar-refractivity contribution in [1.29, 1.82) is 0 Å². The molecule has 2 N–H and O–H groups in total. The average molecular weight is 272 g/mol. The number of fused-ring (bicyclic) bond motifs is 1. The molecular weight excluding hydrogens is 252 g/mol. The highest BCUT2D eigenvalue weighted by molar-refractivity contribution is 5.84. The zero-order chi connectivity index (χ0) is 14.1. The first-order valence-electron chi connectivity index (χ1n) is 7.18. The van der Waals surface area contributed by atoms with Crippen LogP contribution >= 0.6 is 0 Å². The Kier molecular flexibility index (Phi) is 3.49. The number of aryl methyl sites for hydroxylation is 1. The number of furan rings is 1. The number of carbonyl (C=O) groups excluding carboxylic acids is 1. The van der Waals surface area contributed by atoms with Crippen LogP contribution in [0, 0.1) is 6.92 Å². The van der Waals surface area contributed by atoms with Crippen molar-refractivity contribution in [1.82, 2.24) is 10.6 Å². The maximum atomic E-state index is 12.1. The summed E-state index contributed by atoms with van der Waals surface area (Å²) in [7, 11) is 0. The van der Waals surface area contributed by atoms with Crippen molar-refractivity contribution in [3.05, 3.63) is 35.6 Å². The number of nitrogens with one attached hydrogen (secondary N) is 2. The van der Waals surface area contributed by atoms with Crippen LogP contribution in [0.4, 0.5) is 0 Å². The van der Waals surface area contributed by atoms with Gasteiger partial charge in [-0.05, 0) is 39.3 Å². The average Bonchev–Trinajstić information content (AvgIpc) is 3.07. The Morgan fingerprint density at radius 3 is 2.95 bits per heavy atom. The summed E-state index contributed by atoms with van der Waals surface area (Å²) in [6, 6.07) is 7.80. The Bertz CT molecular complexity index is 626. The lowest BCUT2D eigenvalue weighted by molar-refractivity contribution is -0.123. The summed E-state index contributed by atoms with van der Waals surface area (Å²) >= 11 is 0. The van der Waals surface area contributed by atoms with Gasteiger partial charge in [0.15, 0.2) is 0 Å². The molecule has 0 saturated carbocycles. The highest BCUT2D eigenvalue weighted by atomic mass is 16.3. The molecule has 2 unspecified atom stereocenters. The molecule has 1 aliphatic rings. The fourth-order valence-electron chi connectivity index (χ4n) is 2.89. The number of para-hydroxylation sites is 1. The SMILES string of the molecule is Cc1c(C(C)NC(=O)C2CCCN2)oc2ccccc12. The number of amides is 1. The molecule has 20 heavy (non-hydrogen) atoms. The number of rotatable bonds is 3. The first kappa shape index (κ1) is 13.2. The molecule has 1 amide bonds. The van der Waals surface area contributed by atoms with Gasteiger partial charge in [0.05, 0.1) is 12.1 Å². The molecule has 0 aliphatic carbocycles. The van der Waals surface area contributed by atoms with E-state index in [0.29, 0.717) is 0 Å². The second-order valence-corrected chi connectivity index (χ2v) is 5.47. The van der Waals surface area contributed by atoms with Gasteiger partial charge in [-0.15, -0.1) is 0 Å². The van der Waals surface area contributed by atoms with Crippen molar-refractivity contribution in [3.63, 3.8) is 0 Å². The Balaban J connectivity index is 1.79. The topological polar surface area (TPSA) is 54.3 Å². The van der Waals surface area contributed by atoms with E-state index in [9.17, 15) is 4.79 Å². The van der Waals surface area contributed by atoms with E-state index in [1.54, 1.807) is 0 Å². The van der Waals surface area contributed by atoms with Crippen LogP contribution in [0.25, 0.3) is 11.0 Å². The molecular formula is C16H20N2O2. The van der Waals surface area contributed by atoms with Crippen LogP contribution in [0.1, 0.15) is 37.1 Å². The third-order valence-electron chi connectivity index (χ3n) is 4.01. The van der Waals surface area contributed by atoms with E-state index in [2.05, 4.69) is 10.6 Å².